The van der Waals surface area contributed by atoms with Crippen LogP contribution < -0.4 is 10.6 Å². The van der Waals surface area contributed by atoms with Gasteiger partial charge in [-0.1, -0.05) is 71.1 Å². The van der Waals surface area contributed by atoms with Crippen molar-refractivity contribution >= 4 is 17.9 Å². The van der Waals surface area contributed by atoms with E-state index >= 15 is 0 Å². The van der Waals surface area contributed by atoms with Crippen molar-refractivity contribution in [3.05, 3.63) is 0 Å². The molecule has 10 atom stereocenters. The van der Waals surface area contributed by atoms with Crippen LogP contribution in [0.1, 0.15) is 163 Å². The van der Waals surface area contributed by atoms with Crippen LogP contribution >= 0.6 is 0 Å². The van der Waals surface area contributed by atoms with Crippen molar-refractivity contribution in [2.75, 3.05) is 0 Å². The number of aliphatic imine (C=N–C) groups is 2. The molecule has 4 fully saturated rings. The third kappa shape index (κ3) is 7.99. The van der Waals surface area contributed by atoms with E-state index in [9.17, 15) is 4.79 Å². The lowest BCUT2D eigenvalue weighted by Crippen LogP contribution is -2.63. The van der Waals surface area contributed by atoms with E-state index in [1.165, 1.54) is 122 Å². The minimum Gasteiger partial charge on any atom is -0.462 e. The molecule has 1 unspecified atom stereocenters. The molecule has 6 rings (SSSR count). The first-order chi connectivity index (χ1) is 22.4. The standard InChI is InChI=1S/C38H66N6O2/c1-5-6-7-8-9-10-14-17-30-25-33-21-22-34-35(28(4)40-38(42-30)44(33)34)36(45)46-27(3)16-13-11-12-15-18-29-24-32-20-19-31-23-26(2)39-37(41-29)43(31)32/h26-35H,5-25H2,1-4H3,(H,39,41)(H,40,42)/t26-,27+,28+,29+,30+,31+,32-,33-,34-,35?/m0/s1. The largest absolute Gasteiger partial charge is 0.462 e. The predicted octanol–water partition coefficient (Wildman–Crippen LogP) is 7.31. The normalized spacial score (nSPS) is 35.0. The van der Waals surface area contributed by atoms with Crippen molar-refractivity contribution in [3.63, 3.8) is 0 Å². The van der Waals surface area contributed by atoms with Crippen LogP contribution in [0.25, 0.3) is 0 Å². The SMILES string of the molecule is CCCCCCCCC[C@@H]1C[C@@H]2CC[C@H]3C(C(=O)O[C@H](C)CCCCCC[C@@H]4C[C@@H]5CC[C@@H]6C[C@H](C)NC(=N4)N65)[C@@H](C)N=C(N1)N23. The van der Waals surface area contributed by atoms with E-state index in [4.69, 9.17) is 14.7 Å². The molecule has 46 heavy (non-hydrogen) atoms. The molecule has 6 heterocycles. The Morgan fingerprint density at radius 2 is 1.43 bits per heavy atom. The average molecular weight is 639 g/mol. The van der Waals surface area contributed by atoms with Gasteiger partial charge in [-0.05, 0) is 91.4 Å². The van der Waals surface area contributed by atoms with Crippen molar-refractivity contribution < 1.29 is 9.53 Å². The average Bonchev–Trinajstić information content (AvgIpc) is 3.63. The number of unbranched alkanes of at least 4 members (excludes halogenated alkanes) is 9. The summed E-state index contributed by atoms with van der Waals surface area (Å²) in [5, 5.41) is 7.47. The fraction of sp³-hybridized carbons (Fsp3) is 0.921. The van der Waals surface area contributed by atoms with Gasteiger partial charge in [0.2, 0.25) is 0 Å². The number of nitrogens with one attached hydrogen (secondary N) is 2. The Morgan fingerprint density at radius 1 is 0.783 bits per heavy atom. The van der Waals surface area contributed by atoms with Crippen LogP contribution in [0.2, 0.25) is 0 Å². The quantitative estimate of drug-likeness (QED) is 0.128. The topological polar surface area (TPSA) is 81.6 Å². The molecule has 0 bridgehead atoms. The molecule has 8 nitrogen and oxygen atoms in total. The van der Waals surface area contributed by atoms with Gasteiger partial charge >= 0.3 is 5.97 Å². The summed E-state index contributed by atoms with van der Waals surface area (Å²) in [5.74, 6) is 2.08. The molecule has 0 aromatic carbocycles. The molecule has 0 amide bonds. The van der Waals surface area contributed by atoms with E-state index in [1.54, 1.807) is 0 Å². The van der Waals surface area contributed by atoms with Crippen LogP contribution in [0.3, 0.4) is 0 Å². The second kappa shape index (κ2) is 15.9. The number of hydrogen-bond acceptors (Lipinski definition) is 8. The number of nitrogens with zero attached hydrogens (tertiary/aromatic N) is 4. The fourth-order valence-corrected chi connectivity index (χ4v) is 9.92. The molecule has 0 spiro atoms. The molecule has 0 aromatic heterocycles. The number of carbonyl (C=O) groups is 1. The van der Waals surface area contributed by atoms with Gasteiger partial charge in [0.15, 0.2) is 11.9 Å². The molecule has 0 saturated carbocycles. The summed E-state index contributed by atoms with van der Waals surface area (Å²) in [7, 11) is 0. The number of guanidine groups is 2. The van der Waals surface area contributed by atoms with Gasteiger partial charge in [0, 0.05) is 36.3 Å². The minimum absolute atomic E-state index is 0.0242. The second-order valence-electron chi connectivity index (χ2n) is 16.1. The second-order valence-corrected chi connectivity index (χ2v) is 16.1. The lowest BCUT2D eigenvalue weighted by molar-refractivity contribution is -0.156. The van der Waals surface area contributed by atoms with Gasteiger partial charge in [-0.3, -0.25) is 4.79 Å². The highest BCUT2D eigenvalue weighted by atomic mass is 16.5. The lowest BCUT2D eigenvalue weighted by Gasteiger charge is -2.47. The van der Waals surface area contributed by atoms with Gasteiger partial charge in [0.1, 0.15) is 0 Å². The summed E-state index contributed by atoms with van der Waals surface area (Å²) in [6.07, 6.45) is 26.3. The Morgan fingerprint density at radius 3 is 2.24 bits per heavy atom. The Balaban J connectivity index is 0.881. The first-order valence-corrected chi connectivity index (χ1v) is 19.9. The summed E-state index contributed by atoms with van der Waals surface area (Å²) in [6.45, 7) is 8.80. The number of esters is 1. The van der Waals surface area contributed by atoms with E-state index in [2.05, 4.69) is 48.1 Å². The maximum absolute atomic E-state index is 13.5. The maximum Gasteiger partial charge on any atom is 0.313 e. The van der Waals surface area contributed by atoms with Crippen molar-refractivity contribution in [3.8, 4) is 0 Å². The van der Waals surface area contributed by atoms with Crippen LogP contribution in [0, 0.1) is 5.92 Å². The molecule has 0 aromatic rings. The van der Waals surface area contributed by atoms with Gasteiger partial charge in [0.25, 0.3) is 0 Å². The first kappa shape index (κ1) is 33.9. The molecular formula is C38H66N6O2. The third-order valence-corrected chi connectivity index (χ3v) is 12.3. The fourth-order valence-electron chi connectivity index (χ4n) is 9.92. The molecule has 260 valence electrons. The van der Waals surface area contributed by atoms with Crippen molar-refractivity contribution in [1.82, 2.24) is 20.4 Å². The van der Waals surface area contributed by atoms with Crippen LogP contribution in [0.4, 0.5) is 0 Å². The van der Waals surface area contributed by atoms with E-state index in [1.807, 2.05) is 0 Å². The third-order valence-electron chi connectivity index (χ3n) is 12.3. The van der Waals surface area contributed by atoms with E-state index < -0.39 is 0 Å². The van der Waals surface area contributed by atoms with E-state index in [0.29, 0.717) is 30.2 Å². The van der Waals surface area contributed by atoms with Crippen LogP contribution in [-0.2, 0) is 9.53 Å². The molecular weight excluding hydrogens is 572 g/mol. The Labute approximate surface area is 280 Å². The van der Waals surface area contributed by atoms with Crippen LogP contribution in [0.15, 0.2) is 9.98 Å². The number of ether oxygens (including phenoxy) is 1. The highest BCUT2D eigenvalue weighted by Gasteiger charge is 2.51. The first-order valence-electron chi connectivity index (χ1n) is 19.9. The molecule has 0 radical (unpaired) electrons. The van der Waals surface area contributed by atoms with Crippen LogP contribution in [0.5, 0.6) is 0 Å². The van der Waals surface area contributed by atoms with E-state index in [0.717, 1.165) is 31.3 Å². The van der Waals surface area contributed by atoms with Crippen LogP contribution in [-0.4, -0.2) is 82.1 Å². The van der Waals surface area contributed by atoms with Crippen molar-refractivity contribution in [2.45, 2.75) is 217 Å². The highest BCUT2D eigenvalue weighted by Crippen LogP contribution is 2.40. The van der Waals surface area contributed by atoms with Crippen molar-refractivity contribution in [2.24, 2.45) is 15.9 Å². The Bertz CT molecular complexity index is 1060. The summed E-state index contributed by atoms with van der Waals surface area (Å²) in [4.78, 5) is 28.8. The van der Waals surface area contributed by atoms with E-state index in [-0.39, 0.29) is 30.1 Å². The number of carbonyl (C=O) groups excluding carboxylic acids is 1. The van der Waals surface area contributed by atoms with Gasteiger partial charge in [-0.15, -0.1) is 0 Å². The Hall–Kier alpha value is -1.99. The van der Waals surface area contributed by atoms with Crippen molar-refractivity contribution in [1.29, 1.82) is 0 Å². The zero-order valence-electron chi connectivity index (χ0n) is 29.7. The lowest BCUT2D eigenvalue weighted by atomic mass is 9.89. The van der Waals surface area contributed by atoms with Gasteiger partial charge < -0.3 is 25.2 Å². The minimum atomic E-state index is -0.150. The van der Waals surface area contributed by atoms with Gasteiger partial charge in [0.05, 0.1) is 24.1 Å². The summed E-state index contributed by atoms with van der Waals surface area (Å²) < 4.78 is 6.12. The molecule has 4 saturated heterocycles. The smallest absolute Gasteiger partial charge is 0.313 e. The highest BCUT2D eigenvalue weighted by molar-refractivity contribution is 5.86. The zero-order chi connectivity index (χ0) is 32.0. The number of hydrogen-bond donors (Lipinski definition) is 2. The van der Waals surface area contributed by atoms with Gasteiger partial charge in [-0.2, -0.15) is 0 Å². The molecule has 2 N–H and O–H groups in total. The molecule has 8 heteroatoms. The summed E-state index contributed by atoms with van der Waals surface area (Å²) in [6, 6.07) is 3.71. The zero-order valence-corrected chi connectivity index (χ0v) is 29.7. The Kier molecular flexibility index (Phi) is 11.7. The maximum atomic E-state index is 13.5. The predicted molar refractivity (Wildman–Crippen MR) is 188 cm³/mol. The molecule has 0 aliphatic carbocycles. The summed E-state index contributed by atoms with van der Waals surface area (Å²) in [5.41, 5.74) is 0. The molecule has 6 aliphatic rings. The summed E-state index contributed by atoms with van der Waals surface area (Å²) >= 11 is 0. The molecule has 6 aliphatic heterocycles. The monoisotopic (exact) mass is 639 g/mol. The number of rotatable bonds is 17. The van der Waals surface area contributed by atoms with Gasteiger partial charge in [-0.25, -0.2) is 9.98 Å².